The summed E-state index contributed by atoms with van der Waals surface area (Å²) in [6.07, 6.45) is 4.64. The third-order valence-corrected chi connectivity index (χ3v) is 5.43. The molecule has 0 bridgehead atoms. The summed E-state index contributed by atoms with van der Waals surface area (Å²) >= 11 is 1.89. The Bertz CT molecular complexity index is 800. The maximum atomic E-state index is 5.92. The zero-order valence-corrected chi connectivity index (χ0v) is 13.0. The van der Waals surface area contributed by atoms with Crippen molar-refractivity contribution in [1.29, 1.82) is 0 Å². The van der Waals surface area contributed by atoms with Crippen LogP contribution >= 0.6 is 11.3 Å². The number of imidazole rings is 1. The molecule has 4 rings (SSSR count). The van der Waals surface area contributed by atoms with Crippen LogP contribution in [-0.2, 0) is 12.8 Å². The normalized spacial score (nSPS) is 18.0. The Morgan fingerprint density at radius 1 is 1.38 bits per heavy atom. The van der Waals surface area contributed by atoms with Crippen LogP contribution in [0.3, 0.4) is 0 Å². The predicted molar refractivity (Wildman–Crippen MR) is 88.9 cm³/mol. The van der Waals surface area contributed by atoms with E-state index in [0.29, 0.717) is 6.04 Å². The molecule has 2 aromatic heterocycles. The van der Waals surface area contributed by atoms with Gasteiger partial charge in [0.15, 0.2) is 0 Å². The average molecular weight is 297 g/mol. The van der Waals surface area contributed by atoms with E-state index in [0.717, 1.165) is 17.6 Å². The Morgan fingerprint density at radius 3 is 3.14 bits per heavy atom. The number of nitrogens with two attached hydrogens (primary N) is 1. The standard InChI is InChI=1S/C17H19N3S/c1-2-17-19-13-10-11(18)6-7-15(13)20(17)14-4-3-5-16-12(14)8-9-21-16/h6-10,14H,2-5,18H2,1H3. The van der Waals surface area contributed by atoms with Crippen LogP contribution in [0.1, 0.15) is 42.1 Å². The summed E-state index contributed by atoms with van der Waals surface area (Å²) in [7, 11) is 0. The molecule has 2 N–H and O–H groups in total. The molecule has 3 aromatic rings. The summed E-state index contributed by atoms with van der Waals surface area (Å²) in [5, 5.41) is 2.23. The first-order valence-corrected chi connectivity index (χ1v) is 8.48. The van der Waals surface area contributed by atoms with Crippen LogP contribution in [0, 0.1) is 0 Å². The molecule has 1 unspecified atom stereocenters. The Kier molecular flexibility index (Phi) is 3.00. The van der Waals surface area contributed by atoms with Gasteiger partial charge in [-0.15, -0.1) is 11.3 Å². The van der Waals surface area contributed by atoms with Crippen molar-refractivity contribution in [2.75, 3.05) is 5.73 Å². The van der Waals surface area contributed by atoms with Crippen molar-refractivity contribution in [2.24, 2.45) is 0 Å². The lowest BCUT2D eigenvalue weighted by Gasteiger charge is -2.26. The van der Waals surface area contributed by atoms with Crippen LogP contribution in [0.25, 0.3) is 11.0 Å². The number of aryl methyl sites for hydroxylation is 2. The van der Waals surface area contributed by atoms with E-state index in [1.807, 2.05) is 23.5 Å². The van der Waals surface area contributed by atoms with Gasteiger partial charge >= 0.3 is 0 Å². The lowest BCUT2D eigenvalue weighted by Crippen LogP contribution is -2.17. The SMILES string of the molecule is CCc1nc2cc(N)ccc2n1C1CCCc2sccc21. The minimum atomic E-state index is 0.434. The fraction of sp³-hybridized carbons (Fsp3) is 0.353. The van der Waals surface area contributed by atoms with Gasteiger partial charge in [-0.3, -0.25) is 0 Å². The highest BCUT2D eigenvalue weighted by molar-refractivity contribution is 7.10. The topological polar surface area (TPSA) is 43.8 Å². The van der Waals surface area contributed by atoms with E-state index < -0.39 is 0 Å². The smallest absolute Gasteiger partial charge is 0.110 e. The van der Waals surface area contributed by atoms with E-state index in [9.17, 15) is 0 Å². The summed E-state index contributed by atoms with van der Waals surface area (Å²) in [6, 6.07) is 8.83. The summed E-state index contributed by atoms with van der Waals surface area (Å²) in [5.74, 6) is 1.17. The summed E-state index contributed by atoms with van der Waals surface area (Å²) < 4.78 is 2.44. The van der Waals surface area contributed by atoms with Crippen molar-refractivity contribution in [3.8, 4) is 0 Å². The van der Waals surface area contributed by atoms with Crippen molar-refractivity contribution in [1.82, 2.24) is 9.55 Å². The van der Waals surface area contributed by atoms with Crippen molar-refractivity contribution in [3.05, 3.63) is 45.9 Å². The molecular weight excluding hydrogens is 278 g/mol. The Morgan fingerprint density at radius 2 is 2.29 bits per heavy atom. The Hall–Kier alpha value is -1.81. The summed E-state index contributed by atoms with van der Waals surface area (Å²) in [5.41, 5.74) is 10.4. The first kappa shape index (κ1) is 12.9. The monoisotopic (exact) mass is 297 g/mol. The van der Waals surface area contributed by atoms with E-state index >= 15 is 0 Å². The molecule has 0 fully saturated rings. The number of anilines is 1. The highest BCUT2D eigenvalue weighted by atomic mass is 32.1. The fourth-order valence-corrected chi connectivity index (χ4v) is 4.47. The maximum absolute atomic E-state index is 5.92. The largest absolute Gasteiger partial charge is 0.399 e. The molecule has 0 aliphatic heterocycles. The van der Waals surface area contributed by atoms with Crippen LogP contribution < -0.4 is 5.73 Å². The molecule has 21 heavy (non-hydrogen) atoms. The second kappa shape index (κ2) is 4.88. The van der Waals surface area contributed by atoms with E-state index in [2.05, 4.69) is 29.0 Å². The molecule has 4 heteroatoms. The molecule has 108 valence electrons. The first-order chi connectivity index (χ1) is 10.3. The number of thiophene rings is 1. The lowest BCUT2D eigenvalue weighted by molar-refractivity contribution is 0.491. The number of aromatic nitrogens is 2. The van der Waals surface area contributed by atoms with Gasteiger partial charge in [0.25, 0.3) is 0 Å². The highest BCUT2D eigenvalue weighted by Crippen LogP contribution is 2.38. The van der Waals surface area contributed by atoms with Gasteiger partial charge in [-0.2, -0.15) is 0 Å². The van der Waals surface area contributed by atoms with Crippen molar-refractivity contribution >= 4 is 28.1 Å². The molecule has 0 saturated heterocycles. The molecule has 2 heterocycles. The van der Waals surface area contributed by atoms with Crippen LogP contribution in [0.5, 0.6) is 0 Å². The third kappa shape index (κ3) is 1.97. The zero-order chi connectivity index (χ0) is 14.4. The minimum Gasteiger partial charge on any atom is -0.399 e. The molecule has 0 spiro atoms. The molecule has 3 nitrogen and oxygen atoms in total. The van der Waals surface area contributed by atoms with Gasteiger partial charge in [-0.1, -0.05) is 6.92 Å². The van der Waals surface area contributed by atoms with Crippen LogP contribution in [-0.4, -0.2) is 9.55 Å². The van der Waals surface area contributed by atoms with Gasteiger partial charge in [0.2, 0.25) is 0 Å². The second-order valence-corrected chi connectivity index (χ2v) is 6.71. The summed E-state index contributed by atoms with van der Waals surface area (Å²) in [6.45, 7) is 2.18. The minimum absolute atomic E-state index is 0.434. The van der Waals surface area contributed by atoms with E-state index in [1.54, 1.807) is 4.88 Å². The van der Waals surface area contributed by atoms with Crippen LogP contribution in [0.4, 0.5) is 5.69 Å². The lowest BCUT2D eigenvalue weighted by atomic mass is 9.93. The average Bonchev–Trinajstić information content (AvgIpc) is 3.09. The molecular formula is C17H19N3S. The number of fused-ring (bicyclic) bond motifs is 2. The quantitative estimate of drug-likeness (QED) is 0.722. The zero-order valence-electron chi connectivity index (χ0n) is 12.2. The molecule has 0 amide bonds. The fourth-order valence-electron chi connectivity index (χ4n) is 3.49. The van der Waals surface area contributed by atoms with Crippen molar-refractivity contribution in [2.45, 2.75) is 38.6 Å². The van der Waals surface area contributed by atoms with Gasteiger partial charge in [-0.05, 0) is 54.5 Å². The number of hydrogen-bond acceptors (Lipinski definition) is 3. The molecule has 0 radical (unpaired) electrons. The molecule has 1 aliphatic carbocycles. The van der Waals surface area contributed by atoms with Crippen molar-refractivity contribution < 1.29 is 0 Å². The van der Waals surface area contributed by atoms with Gasteiger partial charge in [-0.25, -0.2) is 4.98 Å². The van der Waals surface area contributed by atoms with Gasteiger partial charge in [0.05, 0.1) is 17.1 Å². The van der Waals surface area contributed by atoms with E-state index in [4.69, 9.17) is 10.7 Å². The molecule has 1 aliphatic rings. The maximum Gasteiger partial charge on any atom is 0.110 e. The third-order valence-electron chi connectivity index (χ3n) is 4.43. The summed E-state index contributed by atoms with van der Waals surface area (Å²) in [4.78, 5) is 6.36. The van der Waals surface area contributed by atoms with Crippen molar-refractivity contribution in [3.63, 3.8) is 0 Å². The number of nitrogen functional groups attached to an aromatic ring is 1. The van der Waals surface area contributed by atoms with E-state index in [-0.39, 0.29) is 0 Å². The molecule has 1 aromatic carbocycles. The van der Waals surface area contributed by atoms with Gasteiger partial charge < -0.3 is 10.3 Å². The second-order valence-electron chi connectivity index (χ2n) is 5.71. The predicted octanol–water partition coefficient (Wildman–Crippen LogP) is 4.17. The van der Waals surface area contributed by atoms with Crippen LogP contribution in [0.15, 0.2) is 29.6 Å². The van der Waals surface area contributed by atoms with Gasteiger partial charge in [0.1, 0.15) is 5.82 Å². The Balaban J connectivity index is 1.95. The van der Waals surface area contributed by atoms with Gasteiger partial charge in [0, 0.05) is 17.0 Å². The Labute approximate surface area is 128 Å². The molecule has 1 atom stereocenters. The number of hydrogen-bond donors (Lipinski definition) is 1. The molecule has 0 saturated carbocycles. The number of rotatable bonds is 2. The first-order valence-electron chi connectivity index (χ1n) is 7.60. The van der Waals surface area contributed by atoms with E-state index in [1.165, 1.54) is 36.2 Å². The number of nitrogens with zero attached hydrogens (tertiary/aromatic N) is 2. The number of benzene rings is 1. The van der Waals surface area contributed by atoms with Crippen LogP contribution in [0.2, 0.25) is 0 Å². The highest BCUT2D eigenvalue weighted by Gasteiger charge is 2.26.